The maximum absolute atomic E-state index is 12.6. The van der Waals surface area contributed by atoms with Crippen LogP contribution in [-0.4, -0.2) is 27.5 Å². The topological polar surface area (TPSA) is 136 Å². The van der Waals surface area contributed by atoms with E-state index in [0.29, 0.717) is 0 Å². The number of anilines is 1. The molecule has 0 saturated heterocycles. The van der Waals surface area contributed by atoms with Crippen molar-refractivity contribution < 1.29 is 32.9 Å². The molecule has 0 aliphatic rings. The first-order valence-corrected chi connectivity index (χ1v) is 5.53. The lowest BCUT2D eigenvalue weighted by Crippen LogP contribution is -2.13. The molecule has 0 amide bonds. The Labute approximate surface area is 119 Å². The Morgan fingerprint density at radius 2 is 1.64 bits per heavy atom. The number of carboxylic acids is 1. The number of nitrogens with zero attached hydrogens (tertiary/aromatic N) is 2. The Bertz CT molecular complexity index is 596. The Morgan fingerprint density at radius 1 is 1.18 bits per heavy atom. The molecule has 0 spiro atoms. The molecule has 120 valence electrons. The van der Waals surface area contributed by atoms with Crippen molar-refractivity contribution >= 4 is 23.0 Å². The van der Waals surface area contributed by atoms with Crippen molar-refractivity contribution in [1.82, 2.24) is 0 Å². The number of halogens is 3. The van der Waals surface area contributed by atoms with Gasteiger partial charge in [0.15, 0.2) is 5.69 Å². The van der Waals surface area contributed by atoms with Crippen LogP contribution in [-0.2, 0) is 11.0 Å². The van der Waals surface area contributed by atoms with Crippen molar-refractivity contribution in [2.75, 3.05) is 11.9 Å². The molecule has 1 aromatic carbocycles. The number of hydrogen-bond donors (Lipinski definition) is 2. The summed E-state index contributed by atoms with van der Waals surface area (Å²) in [5.74, 6) is -1.29. The molecule has 0 atom stereocenters. The van der Waals surface area contributed by atoms with Gasteiger partial charge in [-0.2, -0.15) is 13.2 Å². The van der Waals surface area contributed by atoms with E-state index in [2.05, 4.69) is 5.32 Å². The summed E-state index contributed by atoms with van der Waals surface area (Å²) in [6, 6.07) is 0.298. The summed E-state index contributed by atoms with van der Waals surface area (Å²) in [6.07, 6.45) is -5.54. The van der Waals surface area contributed by atoms with Gasteiger partial charge in [-0.1, -0.05) is 0 Å². The molecule has 22 heavy (non-hydrogen) atoms. The SMILES string of the molecule is O=C(O)CCNc1c([N+](=O)[O-])cc(C(F)(F)F)cc1[N+](=O)[O-]. The van der Waals surface area contributed by atoms with Crippen LogP contribution in [0.5, 0.6) is 0 Å². The van der Waals surface area contributed by atoms with Crippen LogP contribution in [0.3, 0.4) is 0 Å². The Balaban J connectivity index is 3.41. The number of nitrogens with one attached hydrogen (secondary N) is 1. The molecule has 0 fully saturated rings. The summed E-state index contributed by atoms with van der Waals surface area (Å²) in [4.78, 5) is 29.6. The van der Waals surface area contributed by atoms with Crippen LogP contribution in [0.15, 0.2) is 12.1 Å². The molecule has 12 heteroatoms. The molecule has 0 aromatic heterocycles. The zero-order valence-corrected chi connectivity index (χ0v) is 10.6. The van der Waals surface area contributed by atoms with E-state index in [1.165, 1.54) is 0 Å². The predicted molar refractivity (Wildman–Crippen MR) is 65.5 cm³/mol. The third-order valence-corrected chi connectivity index (χ3v) is 2.46. The van der Waals surface area contributed by atoms with Crippen molar-refractivity contribution in [2.24, 2.45) is 0 Å². The first-order chi connectivity index (χ1) is 10.0. The highest BCUT2D eigenvalue weighted by Crippen LogP contribution is 2.41. The summed E-state index contributed by atoms with van der Waals surface area (Å²) in [5.41, 5.74) is -4.64. The number of nitro groups is 2. The molecule has 0 saturated carbocycles. The number of rotatable bonds is 6. The Morgan fingerprint density at radius 3 is 1.95 bits per heavy atom. The van der Waals surface area contributed by atoms with Gasteiger partial charge in [0.1, 0.15) is 0 Å². The van der Waals surface area contributed by atoms with Crippen LogP contribution in [0.25, 0.3) is 0 Å². The van der Waals surface area contributed by atoms with E-state index in [0.717, 1.165) is 0 Å². The number of carboxylic acid groups (broad SMARTS) is 1. The zero-order chi connectivity index (χ0) is 17.1. The van der Waals surface area contributed by atoms with Gasteiger partial charge < -0.3 is 10.4 Å². The zero-order valence-electron chi connectivity index (χ0n) is 10.6. The van der Waals surface area contributed by atoms with Crippen LogP contribution >= 0.6 is 0 Å². The average molecular weight is 323 g/mol. The fraction of sp³-hybridized carbons (Fsp3) is 0.300. The Kier molecular flexibility index (Phi) is 4.86. The second-order valence-electron chi connectivity index (χ2n) is 3.97. The Hall–Kier alpha value is -2.92. The van der Waals surface area contributed by atoms with Crippen molar-refractivity contribution in [2.45, 2.75) is 12.6 Å². The minimum Gasteiger partial charge on any atom is -0.481 e. The number of nitro benzene ring substituents is 2. The van der Waals surface area contributed by atoms with E-state index < -0.39 is 57.6 Å². The molecular formula is C10H8F3N3O6. The predicted octanol–water partition coefficient (Wildman–Crippen LogP) is 2.41. The smallest absolute Gasteiger partial charge is 0.416 e. The van der Waals surface area contributed by atoms with Gasteiger partial charge in [0, 0.05) is 18.7 Å². The number of aliphatic carboxylic acids is 1. The summed E-state index contributed by atoms with van der Waals surface area (Å²) in [7, 11) is 0. The van der Waals surface area contributed by atoms with Gasteiger partial charge in [0.25, 0.3) is 11.4 Å². The van der Waals surface area contributed by atoms with Gasteiger partial charge in [0.05, 0.1) is 21.8 Å². The van der Waals surface area contributed by atoms with E-state index in [4.69, 9.17) is 5.11 Å². The van der Waals surface area contributed by atoms with Crippen molar-refractivity contribution in [3.05, 3.63) is 37.9 Å². The third-order valence-electron chi connectivity index (χ3n) is 2.46. The van der Waals surface area contributed by atoms with E-state index >= 15 is 0 Å². The first kappa shape index (κ1) is 17.1. The minimum absolute atomic E-state index is 0.149. The lowest BCUT2D eigenvalue weighted by Gasteiger charge is -2.10. The minimum atomic E-state index is -5.00. The molecule has 0 radical (unpaired) electrons. The number of benzene rings is 1. The molecule has 0 aliphatic heterocycles. The largest absolute Gasteiger partial charge is 0.481 e. The maximum atomic E-state index is 12.6. The molecule has 0 unspecified atom stereocenters. The fourth-order valence-electron chi connectivity index (χ4n) is 1.54. The molecule has 0 aliphatic carbocycles. The maximum Gasteiger partial charge on any atom is 0.416 e. The van der Waals surface area contributed by atoms with Crippen LogP contribution in [0.1, 0.15) is 12.0 Å². The molecular weight excluding hydrogens is 315 g/mol. The molecule has 1 rings (SSSR count). The van der Waals surface area contributed by atoms with Crippen molar-refractivity contribution in [3.8, 4) is 0 Å². The second kappa shape index (κ2) is 6.24. The second-order valence-corrected chi connectivity index (χ2v) is 3.97. The quantitative estimate of drug-likeness (QED) is 0.606. The van der Waals surface area contributed by atoms with E-state index in [-0.39, 0.29) is 12.1 Å². The third kappa shape index (κ3) is 4.04. The van der Waals surface area contributed by atoms with Crippen molar-refractivity contribution in [1.29, 1.82) is 0 Å². The van der Waals surface area contributed by atoms with Gasteiger partial charge in [-0.3, -0.25) is 25.0 Å². The number of alkyl halides is 3. The van der Waals surface area contributed by atoms with Crippen molar-refractivity contribution in [3.63, 3.8) is 0 Å². The number of carbonyl (C=O) groups is 1. The molecule has 2 N–H and O–H groups in total. The van der Waals surface area contributed by atoms with E-state index in [1.807, 2.05) is 0 Å². The standard InChI is InChI=1S/C10H8F3N3O6/c11-10(12,13)5-3-6(15(19)20)9(7(4-5)16(21)22)14-2-1-8(17)18/h3-4,14H,1-2H2,(H,17,18). The highest BCUT2D eigenvalue weighted by Gasteiger charge is 2.37. The lowest BCUT2D eigenvalue weighted by molar-refractivity contribution is -0.392. The van der Waals surface area contributed by atoms with Crippen LogP contribution in [0.4, 0.5) is 30.2 Å². The molecule has 0 heterocycles. The van der Waals surface area contributed by atoms with Gasteiger partial charge in [-0.05, 0) is 0 Å². The highest BCUT2D eigenvalue weighted by atomic mass is 19.4. The van der Waals surface area contributed by atoms with Gasteiger partial charge in [-0.25, -0.2) is 0 Å². The van der Waals surface area contributed by atoms with Crippen LogP contribution in [0, 0.1) is 20.2 Å². The summed E-state index contributed by atoms with van der Waals surface area (Å²) in [5, 5.41) is 32.2. The van der Waals surface area contributed by atoms with E-state index in [9.17, 15) is 38.2 Å². The monoisotopic (exact) mass is 323 g/mol. The van der Waals surface area contributed by atoms with Crippen LogP contribution in [0.2, 0.25) is 0 Å². The summed E-state index contributed by atoms with van der Waals surface area (Å²) < 4.78 is 37.9. The van der Waals surface area contributed by atoms with Gasteiger partial charge >= 0.3 is 12.1 Å². The normalized spacial score (nSPS) is 11.0. The highest BCUT2D eigenvalue weighted by molar-refractivity contribution is 5.76. The van der Waals surface area contributed by atoms with Gasteiger partial charge in [-0.15, -0.1) is 0 Å². The van der Waals surface area contributed by atoms with E-state index in [1.54, 1.807) is 0 Å². The van der Waals surface area contributed by atoms with Gasteiger partial charge in [0.2, 0.25) is 0 Å². The molecule has 9 nitrogen and oxygen atoms in total. The average Bonchev–Trinajstić information content (AvgIpc) is 2.36. The lowest BCUT2D eigenvalue weighted by atomic mass is 10.1. The summed E-state index contributed by atoms with van der Waals surface area (Å²) >= 11 is 0. The fourth-order valence-corrected chi connectivity index (χ4v) is 1.54. The molecule has 0 bridgehead atoms. The van der Waals surface area contributed by atoms with Crippen LogP contribution < -0.4 is 5.32 Å². The number of hydrogen-bond acceptors (Lipinski definition) is 6. The molecule has 1 aromatic rings. The summed E-state index contributed by atoms with van der Waals surface area (Å²) in [6.45, 7) is -0.428. The first-order valence-electron chi connectivity index (χ1n) is 5.53.